The summed E-state index contributed by atoms with van der Waals surface area (Å²) in [6, 6.07) is 11.4. The van der Waals surface area contributed by atoms with Gasteiger partial charge in [-0.05, 0) is 30.2 Å². The molecule has 1 N–H and O–H groups in total. The molecule has 104 valence electrons. The summed E-state index contributed by atoms with van der Waals surface area (Å²) in [5.74, 6) is -0.543. The summed E-state index contributed by atoms with van der Waals surface area (Å²) >= 11 is 11.8. The van der Waals surface area contributed by atoms with Crippen molar-refractivity contribution in [3.05, 3.63) is 63.9 Å². The van der Waals surface area contributed by atoms with Gasteiger partial charge in [0.1, 0.15) is 5.82 Å². The quantitative estimate of drug-likeness (QED) is 0.871. The lowest BCUT2D eigenvalue weighted by Crippen LogP contribution is -2.13. The molecule has 0 bridgehead atoms. The highest BCUT2D eigenvalue weighted by Gasteiger charge is 2.09. The molecule has 2 aromatic carbocycles. The first-order valence-corrected chi connectivity index (χ1v) is 6.81. The second-order valence-electron chi connectivity index (χ2n) is 4.24. The standard InChI is InChI=1S/C15H12Cl2FNO/c16-11-5-3-7-13(15(11)17)19-14(20)9-8-10-4-1-2-6-12(10)18/h1-7H,8-9H2,(H,19,20). The van der Waals surface area contributed by atoms with Gasteiger partial charge in [-0.15, -0.1) is 0 Å². The molecule has 0 heterocycles. The van der Waals surface area contributed by atoms with Gasteiger partial charge in [-0.3, -0.25) is 4.79 Å². The molecule has 0 aliphatic heterocycles. The molecule has 0 aliphatic carbocycles. The van der Waals surface area contributed by atoms with E-state index in [-0.39, 0.29) is 18.1 Å². The largest absolute Gasteiger partial charge is 0.325 e. The number of carbonyl (C=O) groups is 1. The number of nitrogens with one attached hydrogen (secondary N) is 1. The number of hydrogen-bond donors (Lipinski definition) is 1. The normalized spacial score (nSPS) is 10.3. The first-order valence-electron chi connectivity index (χ1n) is 6.05. The summed E-state index contributed by atoms with van der Waals surface area (Å²) in [5, 5.41) is 3.34. The Morgan fingerprint density at radius 1 is 1.10 bits per heavy atom. The fourth-order valence-corrected chi connectivity index (χ4v) is 2.11. The van der Waals surface area contributed by atoms with Crippen LogP contribution in [0, 0.1) is 5.82 Å². The summed E-state index contributed by atoms with van der Waals surface area (Å²) < 4.78 is 13.4. The molecular weight excluding hydrogens is 300 g/mol. The van der Waals surface area contributed by atoms with Crippen LogP contribution in [0.2, 0.25) is 10.0 Å². The minimum absolute atomic E-state index is 0.170. The lowest BCUT2D eigenvalue weighted by atomic mass is 10.1. The number of anilines is 1. The van der Waals surface area contributed by atoms with Crippen molar-refractivity contribution in [2.45, 2.75) is 12.8 Å². The molecule has 0 saturated heterocycles. The van der Waals surface area contributed by atoms with Gasteiger partial charge < -0.3 is 5.32 Å². The van der Waals surface area contributed by atoms with Crippen molar-refractivity contribution in [3.63, 3.8) is 0 Å². The molecule has 2 nitrogen and oxygen atoms in total. The summed E-state index contributed by atoms with van der Waals surface area (Å²) in [6.07, 6.45) is 0.500. The number of rotatable bonds is 4. The third-order valence-corrected chi connectivity index (χ3v) is 3.62. The number of aryl methyl sites for hydroxylation is 1. The Bertz CT molecular complexity index is 631. The maximum absolute atomic E-state index is 13.4. The van der Waals surface area contributed by atoms with E-state index >= 15 is 0 Å². The van der Waals surface area contributed by atoms with Crippen LogP contribution in [-0.4, -0.2) is 5.91 Å². The Balaban J connectivity index is 1.96. The monoisotopic (exact) mass is 311 g/mol. The van der Waals surface area contributed by atoms with E-state index in [9.17, 15) is 9.18 Å². The fourth-order valence-electron chi connectivity index (χ4n) is 1.76. The molecule has 5 heteroatoms. The number of hydrogen-bond acceptors (Lipinski definition) is 1. The van der Waals surface area contributed by atoms with E-state index in [4.69, 9.17) is 23.2 Å². The molecule has 0 unspecified atom stereocenters. The second-order valence-corrected chi connectivity index (χ2v) is 5.03. The molecular formula is C15H12Cl2FNO. The van der Waals surface area contributed by atoms with Crippen LogP contribution in [0.25, 0.3) is 0 Å². The summed E-state index contributed by atoms with van der Waals surface area (Å²) in [4.78, 5) is 11.8. The van der Waals surface area contributed by atoms with Crippen LogP contribution in [0.1, 0.15) is 12.0 Å². The Kier molecular flexibility index (Phi) is 4.99. The third-order valence-electron chi connectivity index (χ3n) is 2.80. The van der Waals surface area contributed by atoms with Gasteiger partial charge in [-0.2, -0.15) is 0 Å². The van der Waals surface area contributed by atoms with Crippen molar-refractivity contribution < 1.29 is 9.18 Å². The number of carbonyl (C=O) groups excluding carboxylic acids is 1. The third kappa shape index (κ3) is 3.71. The average molecular weight is 312 g/mol. The highest BCUT2D eigenvalue weighted by atomic mass is 35.5. The first-order chi connectivity index (χ1) is 9.58. The van der Waals surface area contributed by atoms with Gasteiger partial charge in [0.25, 0.3) is 0 Å². The Morgan fingerprint density at radius 2 is 1.85 bits per heavy atom. The number of amides is 1. The topological polar surface area (TPSA) is 29.1 Å². The van der Waals surface area contributed by atoms with Gasteiger partial charge in [0.05, 0.1) is 15.7 Å². The highest BCUT2D eigenvalue weighted by Crippen LogP contribution is 2.29. The molecule has 1 amide bonds. The van der Waals surface area contributed by atoms with Gasteiger partial charge in [-0.25, -0.2) is 4.39 Å². The Morgan fingerprint density at radius 3 is 2.60 bits per heavy atom. The van der Waals surface area contributed by atoms with E-state index < -0.39 is 0 Å². The minimum Gasteiger partial charge on any atom is -0.325 e. The molecule has 0 fully saturated rings. The van der Waals surface area contributed by atoms with Gasteiger partial charge >= 0.3 is 0 Å². The molecule has 0 atom stereocenters. The van der Waals surface area contributed by atoms with Crippen LogP contribution in [0.3, 0.4) is 0 Å². The minimum atomic E-state index is -0.305. The van der Waals surface area contributed by atoms with E-state index in [2.05, 4.69) is 5.32 Å². The average Bonchev–Trinajstić information content (AvgIpc) is 2.43. The Hall–Kier alpha value is -1.58. The van der Waals surface area contributed by atoms with Crippen LogP contribution in [0.15, 0.2) is 42.5 Å². The van der Waals surface area contributed by atoms with Crippen molar-refractivity contribution in [1.82, 2.24) is 0 Å². The lowest BCUT2D eigenvalue weighted by molar-refractivity contribution is -0.116. The van der Waals surface area contributed by atoms with Crippen molar-refractivity contribution in [2.75, 3.05) is 5.32 Å². The van der Waals surface area contributed by atoms with Crippen LogP contribution >= 0.6 is 23.2 Å². The van der Waals surface area contributed by atoms with E-state index in [0.717, 1.165) is 0 Å². The predicted octanol–water partition coefficient (Wildman–Crippen LogP) is 4.70. The van der Waals surface area contributed by atoms with Gasteiger partial charge in [-0.1, -0.05) is 47.5 Å². The summed E-state index contributed by atoms with van der Waals surface area (Å²) in [7, 11) is 0. The van der Waals surface area contributed by atoms with Crippen molar-refractivity contribution in [3.8, 4) is 0 Å². The maximum atomic E-state index is 13.4. The fraction of sp³-hybridized carbons (Fsp3) is 0.133. The van der Waals surface area contributed by atoms with Crippen LogP contribution in [0.4, 0.5) is 10.1 Å². The molecule has 0 aromatic heterocycles. The van der Waals surface area contributed by atoms with E-state index in [1.165, 1.54) is 6.07 Å². The lowest BCUT2D eigenvalue weighted by Gasteiger charge is -2.08. The van der Waals surface area contributed by atoms with Crippen LogP contribution in [-0.2, 0) is 11.2 Å². The summed E-state index contributed by atoms with van der Waals surface area (Å²) in [6.45, 7) is 0. The van der Waals surface area contributed by atoms with Crippen molar-refractivity contribution in [2.24, 2.45) is 0 Å². The van der Waals surface area contributed by atoms with E-state index in [1.54, 1.807) is 36.4 Å². The molecule has 2 rings (SSSR count). The molecule has 2 aromatic rings. The zero-order chi connectivity index (χ0) is 14.5. The van der Waals surface area contributed by atoms with Gasteiger partial charge in [0.2, 0.25) is 5.91 Å². The predicted molar refractivity (Wildman–Crippen MR) is 79.8 cm³/mol. The van der Waals surface area contributed by atoms with Gasteiger partial charge in [0, 0.05) is 6.42 Å². The molecule has 0 radical (unpaired) electrons. The number of benzene rings is 2. The Labute approximate surface area is 126 Å². The zero-order valence-electron chi connectivity index (χ0n) is 10.5. The van der Waals surface area contributed by atoms with E-state index in [0.29, 0.717) is 27.7 Å². The van der Waals surface area contributed by atoms with Crippen molar-refractivity contribution in [1.29, 1.82) is 0 Å². The van der Waals surface area contributed by atoms with Crippen LogP contribution < -0.4 is 5.32 Å². The first kappa shape index (κ1) is 14.8. The smallest absolute Gasteiger partial charge is 0.224 e. The highest BCUT2D eigenvalue weighted by molar-refractivity contribution is 6.43. The molecule has 0 saturated carbocycles. The molecule has 20 heavy (non-hydrogen) atoms. The molecule has 0 aliphatic rings. The SMILES string of the molecule is O=C(CCc1ccccc1F)Nc1cccc(Cl)c1Cl. The van der Waals surface area contributed by atoms with E-state index in [1.807, 2.05) is 0 Å². The summed E-state index contributed by atoms with van der Waals surface area (Å²) in [5.41, 5.74) is 0.970. The van der Waals surface area contributed by atoms with Gasteiger partial charge in [0.15, 0.2) is 0 Å². The zero-order valence-corrected chi connectivity index (χ0v) is 12.0. The number of halogens is 3. The molecule has 0 spiro atoms. The van der Waals surface area contributed by atoms with Crippen molar-refractivity contribution >= 4 is 34.8 Å². The maximum Gasteiger partial charge on any atom is 0.224 e. The van der Waals surface area contributed by atoms with Crippen LogP contribution in [0.5, 0.6) is 0 Å². The second kappa shape index (κ2) is 6.73.